The number of carbonyl (C=O) groups is 1. The van der Waals surface area contributed by atoms with E-state index in [9.17, 15) is 9.18 Å². The van der Waals surface area contributed by atoms with E-state index in [4.69, 9.17) is 4.74 Å². The molecule has 0 spiro atoms. The van der Waals surface area contributed by atoms with E-state index in [-0.39, 0.29) is 16.1 Å². The number of hydrogen-bond donors (Lipinski definition) is 0. The Bertz CT molecular complexity index is 414. The van der Waals surface area contributed by atoms with Crippen molar-refractivity contribution in [3.8, 4) is 0 Å². The van der Waals surface area contributed by atoms with Crippen LogP contribution in [0.3, 0.4) is 0 Å². The second kappa shape index (κ2) is 5.74. The first kappa shape index (κ1) is 12.7. The average molecular weight is 301 g/mol. The molecule has 1 saturated heterocycles. The van der Waals surface area contributed by atoms with Gasteiger partial charge in [0.05, 0.1) is 4.47 Å². The van der Waals surface area contributed by atoms with Crippen molar-refractivity contribution in [2.75, 3.05) is 13.2 Å². The van der Waals surface area contributed by atoms with Crippen molar-refractivity contribution in [1.82, 2.24) is 0 Å². The summed E-state index contributed by atoms with van der Waals surface area (Å²) in [5.74, 6) is -0.0162. The number of hydrogen-bond acceptors (Lipinski definition) is 2. The van der Waals surface area contributed by atoms with Gasteiger partial charge < -0.3 is 4.74 Å². The molecule has 1 aliphatic rings. The van der Waals surface area contributed by atoms with Crippen molar-refractivity contribution in [2.45, 2.75) is 19.3 Å². The molecule has 0 N–H and O–H groups in total. The van der Waals surface area contributed by atoms with E-state index in [1.54, 1.807) is 12.1 Å². The van der Waals surface area contributed by atoms with Crippen LogP contribution in [-0.2, 0) is 4.74 Å². The lowest BCUT2D eigenvalue weighted by Gasteiger charge is -2.21. The summed E-state index contributed by atoms with van der Waals surface area (Å²) < 4.78 is 18.8. The topological polar surface area (TPSA) is 26.3 Å². The first-order valence-electron chi connectivity index (χ1n) is 5.73. The minimum atomic E-state index is -0.386. The van der Waals surface area contributed by atoms with Gasteiger partial charge in [-0.2, -0.15) is 0 Å². The molecule has 2 rings (SSSR count). The summed E-state index contributed by atoms with van der Waals surface area (Å²) in [7, 11) is 0. The summed E-state index contributed by atoms with van der Waals surface area (Å²) in [5, 5.41) is 0. The Hall–Kier alpha value is -0.740. The molecule has 0 bridgehead atoms. The third kappa shape index (κ3) is 3.13. The van der Waals surface area contributed by atoms with Gasteiger partial charge in [0.2, 0.25) is 0 Å². The largest absolute Gasteiger partial charge is 0.381 e. The fourth-order valence-electron chi connectivity index (χ4n) is 2.04. The van der Waals surface area contributed by atoms with E-state index in [2.05, 4.69) is 15.9 Å². The number of carbonyl (C=O) groups excluding carboxylic acids is 1. The number of benzene rings is 1. The van der Waals surface area contributed by atoms with Crippen molar-refractivity contribution in [3.05, 3.63) is 34.1 Å². The van der Waals surface area contributed by atoms with Gasteiger partial charge in [-0.25, -0.2) is 4.39 Å². The van der Waals surface area contributed by atoms with Crippen LogP contribution in [0.1, 0.15) is 29.6 Å². The Kier molecular flexibility index (Phi) is 4.29. The van der Waals surface area contributed by atoms with Crippen molar-refractivity contribution in [3.63, 3.8) is 0 Å². The zero-order valence-corrected chi connectivity index (χ0v) is 11.0. The standard InChI is InChI=1S/C13H14BrFO2/c14-13-10(2-1-3-11(13)15)12(16)8-9-4-6-17-7-5-9/h1-3,9H,4-8H2. The van der Waals surface area contributed by atoms with E-state index in [0.717, 1.165) is 26.1 Å². The van der Waals surface area contributed by atoms with E-state index < -0.39 is 0 Å². The fraction of sp³-hybridized carbons (Fsp3) is 0.462. The molecular weight excluding hydrogens is 287 g/mol. The number of halogens is 2. The second-order valence-electron chi connectivity index (χ2n) is 4.28. The lowest BCUT2D eigenvalue weighted by atomic mass is 9.92. The Morgan fingerprint density at radius 3 is 2.82 bits per heavy atom. The molecule has 0 atom stereocenters. The van der Waals surface area contributed by atoms with Gasteiger partial charge in [0.15, 0.2) is 5.78 Å². The Balaban J connectivity index is 2.06. The van der Waals surface area contributed by atoms with Gasteiger partial charge in [-0.3, -0.25) is 4.79 Å². The van der Waals surface area contributed by atoms with Crippen LogP contribution >= 0.6 is 15.9 Å². The van der Waals surface area contributed by atoms with Crippen LogP contribution in [-0.4, -0.2) is 19.0 Å². The van der Waals surface area contributed by atoms with Gasteiger partial charge in [0.1, 0.15) is 5.82 Å². The molecule has 1 aromatic carbocycles. The first-order valence-corrected chi connectivity index (χ1v) is 6.52. The minimum absolute atomic E-state index is 0.00303. The van der Waals surface area contributed by atoms with Crippen LogP contribution in [0, 0.1) is 11.7 Å². The van der Waals surface area contributed by atoms with Gasteiger partial charge in [-0.15, -0.1) is 0 Å². The maximum Gasteiger partial charge on any atom is 0.164 e. The van der Waals surface area contributed by atoms with Crippen LogP contribution in [0.5, 0.6) is 0 Å². The van der Waals surface area contributed by atoms with Crippen molar-refractivity contribution < 1.29 is 13.9 Å². The SMILES string of the molecule is O=C(CC1CCOCC1)c1cccc(F)c1Br. The van der Waals surface area contributed by atoms with Crippen molar-refractivity contribution in [1.29, 1.82) is 0 Å². The normalized spacial score (nSPS) is 17.1. The molecule has 0 aliphatic carbocycles. The monoisotopic (exact) mass is 300 g/mol. The highest BCUT2D eigenvalue weighted by atomic mass is 79.9. The van der Waals surface area contributed by atoms with Gasteiger partial charge in [-0.1, -0.05) is 12.1 Å². The Labute approximate surface area is 108 Å². The molecule has 1 heterocycles. The third-order valence-electron chi connectivity index (χ3n) is 3.07. The zero-order chi connectivity index (χ0) is 12.3. The molecule has 1 aliphatic heterocycles. The quantitative estimate of drug-likeness (QED) is 0.798. The summed E-state index contributed by atoms with van der Waals surface area (Å²) in [6.07, 6.45) is 2.31. The van der Waals surface area contributed by atoms with Crippen LogP contribution in [0.4, 0.5) is 4.39 Å². The van der Waals surface area contributed by atoms with Crippen LogP contribution < -0.4 is 0 Å². The minimum Gasteiger partial charge on any atom is -0.381 e. The Morgan fingerprint density at radius 1 is 1.41 bits per heavy atom. The fourth-order valence-corrected chi connectivity index (χ4v) is 2.53. The average Bonchev–Trinajstić information content (AvgIpc) is 2.34. The van der Waals surface area contributed by atoms with E-state index in [0.29, 0.717) is 17.9 Å². The van der Waals surface area contributed by atoms with Crippen LogP contribution in [0.25, 0.3) is 0 Å². The number of rotatable bonds is 3. The lowest BCUT2D eigenvalue weighted by molar-refractivity contribution is 0.0600. The molecule has 17 heavy (non-hydrogen) atoms. The number of ether oxygens (including phenoxy) is 1. The smallest absolute Gasteiger partial charge is 0.164 e. The third-order valence-corrected chi connectivity index (χ3v) is 3.87. The first-order chi connectivity index (χ1) is 8.18. The van der Waals surface area contributed by atoms with E-state index in [1.165, 1.54) is 6.07 Å². The Morgan fingerprint density at radius 2 is 2.12 bits per heavy atom. The summed E-state index contributed by atoms with van der Waals surface area (Å²) in [6.45, 7) is 1.45. The summed E-state index contributed by atoms with van der Waals surface area (Å²) in [6, 6.07) is 4.57. The number of Topliss-reactive ketones (excluding diaryl/α,β-unsaturated/α-hetero) is 1. The van der Waals surface area contributed by atoms with Gasteiger partial charge >= 0.3 is 0 Å². The summed E-state index contributed by atoms with van der Waals surface area (Å²) in [5.41, 5.74) is 0.441. The second-order valence-corrected chi connectivity index (χ2v) is 5.08. The van der Waals surface area contributed by atoms with Crippen molar-refractivity contribution in [2.24, 2.45) is 5.92 Å². The summed E-state index contributed by atoms with van der Waals surface area (Å²) >= 11 is 3.13. The molecule has 0 unspecified atom stereocenters. The summed E-state index contributed by atoms with van der Waals surface area (Å²) in [4.78, 5) is 12.0. The molecule has 92 valence electrons. The van der Waals surface area contributed by atoms with Gasteiger partial charge in [-0.05, 0) is 40.8 Å². The zero-order valence-electron chi connectivity index (χ0n) is 9.42. The molecular formula is C13H14BrFO2. The van der Waals surface area contributed by atoms with E-state index in [1.807, 2.05) is 0 Å². The molecule has 0 aromatic heterocycles. The molecule has 0 amide bonds. The molecule has 0 saturated carbocycles. The maximum atomic E-state index is 13.3. The highest BCUT2D eigenvalue weighted by Gasteiger charge is 2.20. The molecule has 4 heteroatoms. The predicted octanol–water partition coefficient (Wildman–Crippen LogP) is 3.59. The highest BCUT2D eigenvalue weighted by molar-refractivity contribution is 9.10. The predicted molar refractivity (Wildman–Crippen MR) is 66.6 cm³/mol. The van der Waals surface area contributed by atoms with Crippen molar-refractivity contribution >= 4 is 21.7 Å². The van der Waals surface area contributed by atoms with Crippen LogP contribution in [0.15, 0.2) is 22.7 Å². The maximum absolute atomic E-state index is 13.3. The van der Waals surface area contributed by atoms with E-state index >= 15 is 0 Å². The molecule has 1 fully saturated rings. The molecule has 0 radical (unpaired) electrons. The molecule has 1 aromatic rings. The highest BCUT2D eigenvalue weighted by Crippen LogP contribution is 2.25. The van der Waals surface area contributed by atoms with Crippen LogP contribution in [0.2, 0.25) is 0 Å². The van der Waals surface area contributed by atoms with Gasteiger partial charge in [0, 0.05) is 25.2 Å². The van der Waals surface area contributed by atoms with Gasteiger partial charge in [0.25, 0.3) is 0 Å². The number of ketones is 1. The lowest BCUT2D eigenvalue weighted by Crippen LogP contribution is -2.19. The molecule has 2 nitrogen and oxygen atoms in total.